The van der Waals surface area contributed by atoms with E-state index in [9.17, 15) is 9.59 Å². The fourth-order valence-electron chi connectivity index (χ4n) is 2.13. The Morgan fingerprint density at radius 2 is 2.04 bits per heavy atom. The molecule has 1 aromatic heterocycles. The molecule has 0 bridgehead atoms. The van der Waals surface area contributed by atoms with Gasteiger partial charge in [-0.2, -0.15) is 0 Å². The molecule has 0 aliphatic rings. The maximum absolute atomic E-state index is 11.7. The van der Waals surface area contributed by atoms with E-state index in [1.807, 2.05) is 49.6 Å². The number of nitrogens with zero attached hydrogens (tertiary/aromatic N) is 3. The van der Waals surface area contributed by atoms with Crippen LogP contribution in [0.1, 0.15) is 27.7 Å². The van der Waals surface area contributed by atoms with E-state index >= 15 is 0 Å². The molecule has 1 heterocycles. The van der Waals surface area contributed by atoms with Gasteiger partial charge in [0.15, 0.2) is 5.16 Å². The van der Waals surface area contributed by atoms with Gasteiger partial charge in [0.05, 0.1) is 5.69 Å². The molecule has 2 rings (SSSR count). The predicted octanol–water partition coefficient (Wildman–Crippen LogP) is 2.42. The number of aromatic nitrogens is 3. The molecule has 0 fully saturated rings. The van der Waals surface area contributed by atoms with E-state index < -0.39 is 0 Å². The third kappa shape index (κ3) is 6.40. The number of hydrogen-bond donors (Lipinski definition) is 3. The molecular weight excluding hydrogens is 352 g/mol. The Hall–Kier alpha value is -2.55. The van der Waals surface area contributed by atoms with Gasteiger partial charge >= 0.3 is 6.03 Å². The highest BCUT2D eigenvalue weighted by atomic mass is 32.2. The largest absolute Gasteiger partial charge is 0.337 e. The van der Waals surface area contributed by atoms with Crippen molar-refractivity contribution in [1.82, 2.24) is 25.4 Å². The molecule has 1 aromatic carbocycles. The Bertz CT molecular complexity index is 769. The van der Waals surface area contributed by atoms with Crippen LogP contribution in [0.3, 0.4) is 0 Å². The van der Waals surface area contributed by atoms with Crippen molar-refractivity contribution in [1.29, 1.82) is 0 Å². The second-order valence-electron chi connectivity index (χ2n) is 6.69. The fraction of sp³-hybridized carbons (Fsp3) is 0.412. The van der Waals surface area contributed by atoms with Crippen LogP contribution in [0.2, 0.25) is 0 Å². The number of thioether (sulfide) groups is 1. The van der Waals surface area contributed by atoms with Crippen LogP contribution in [0.4, 0.5) is 10.5 Å². The van der Waals surface area contributed by atoms with Gasteiger partial charge in [0.2, 0.25) is 5.91 Å². The number of nitrogens with one attached hydrogen (secondary N) is 3. The topological polar surface area (TPSA) is 101 Å². The van der Waals surface area contributed by atoms with E-state index in [0.29, 0.717) is 23.1 Å². The summed E-state index contributed by atoms with van der Waals surface area (Å²) in [6.45, 7) is 7.76. The maximum Gasteiger partial charge on any atom is 0.315 e. The van der Waals surface area contributed by atoms with E-state index in [-0.39, 0.29) is 17.5 Å². The van der Waals surface area contributed by atoms with Gasteiger partial charge in [-0.15, -0.1) is 10.2 Å². The Kier molecular flexibility index (Phi) is 6.62. The molecule has 9 heteroatoms. The molecule has 0 atom stereocenters. The third-order valence-corrected chi connectivity index (χ3v) is 4.01. The molecule has 0 unspecified atom stereocenters. The van der Waals surface area contributed by atoms with Crippen LogP contribution in [0.15, 0.2) is 35.7 Å². The highest BCUT2D eigenvalue weighted by Gasteiger charge is 2.13. The highest BCUT2D eigenvalue weighted by Crippen LogP contribution is 2.21. The normalized spacial score (nSPS) is 11.1. The number of carbonyl (C=O) groups is 2. The van der Waals surface area contributed by atoms with Crippen LogP contribution in [0.25, 0.3) is 5.69 Å². The molecular formula is C17H24N6O2S. The van der Waals surface area contributed by atoms with Gasteiger partial charge in [0, 0.05) is 30.4 Å². The lowest BCUT2D eigenvalue weighted by atomic mass is 10.1. The van der Waals surface area contributed by atoms with Crippen LogP contribution in [-0.2, 0) is 4.79 Å². The standard InChI is InChI=1S/C17H24N6O2S/c1-12(24)20-13-6-5-7-14(10-13)23-11-19-22-16(23)26-9-8-18-15(25)21-17(2,3)4/h5-7,10-11H,8-9H2,1-4H3,(H,20,24)(H2,18,21,25). The number of hydrogen-bond acceptors (Lipinski definition) is 5. The fourth-order valence-corrected chi connectivity index (χ4v) is 2.91. The van der Waals surface area contributed by atoms with Gasteiger partial charge in [-0.05, 0) is 39.0 Å². The molecule has 8 nitrogen and oxygen atoms in total. The first-order valence-electron chi connectivity index (χ1n) is 8.21. The van der Waals surface area contributed by atoms with Crippen molar-refractivity contribution >= 4 is 29.4 Å². The number of anilines is 1. The van der Waals surface area contributed by atoms with Crippen molar-refractivity contribution in [2.75, 3.05) is 17.6 Å². The third-order valence-electron chi connectivity index (χ3n) is 3.07. The zero-order chi connectivity index (χ0) is 19.2. The van der Waals surface area contributed by atoms with Crippen molar-refractivity contribution in [2.24, 2.45) is 0 Å². The summed E-state index contributed by atoms with van der Waals surface area (Å²) in [6.07, 6.45) is 1.62. The van der Waals surface area contributed by atoms with Gasteiger partial charge < -0.3 is 16.0 Å². The minimum absolute atomic E-state index is 0.125. The van der Waals surface area contributed by atoms with Crippen LogP contribution in [0.5, 0.6) is 0 Å². The van der Waals surface area contributed by atoms with Crippen molar-refractivity contribution in [3.05, 3.63) is 30.6 Å². The summed E-state index contributed by atoms with van der Waals surface area (Å²) in [6, 6.07) is 7.24. The maximum atomic E-state index is 11.7. The smallest absolute Gasteiger partial charge is 0.315 e. The lowest BCUT2D eigenvalue weighted by Gasteiger charge is -2.20. The monoisotopic (exact) mass is 376 g/mol. The van der Waals surface area contributed by atoms with E-state index in [1.54, 1.807) is 6.33 Å². The van der Waals surface area contributed by atoms with Crippen LogP contribution in [0, 0.1) is 0 Å². The molecule has 2 aromatic rings. The molecule has 0 radical (unpaired) electrons. The first-order valence-corrected chi connectivity index (χ1v) is 9.20. The quantitative estimate of drug-likeness (QED) is 0.531. The SMILES string of the molecule is CC(=O)Nc1cccc(-n2cnnc2SCCNC(=O)NC(C)(C)C)c1. The van der Waals surface area contributed by atoms with Gasteiger partial charge in [-0.1, -0.05) is 17.8 Å². The molecule has 0 saturated carbocycles. The summed E-state index contributed by atoms with van der Waals surface area (Å²) in [4.78, 5) is 22.9. The van der Waals surface area contributed by atoms with Crippen molar-refractivity contribution < 1.29 is 9.59 Å². The first kappa shape index (κ1) is 19.8. The molecule has 0 aliphatic carbocycles. The van der Waals surface area contributed by atoms with Crippen LogP contribution < -0.4 is 16.0 Å². The van der Waals surface area contributed by atoms with Crippen molar-refractivity contribution in [3.8, 4) is 5.69 Å². The summed E-state index contributed by atoms with van der Waals surface area (Å²) >= 11 is 1.49. The van der Waals surface area contributed by atoms with Crippen molar-refractivity contribution in [2.45, 2.75) is 38.4 Å². The Morgan fingerprint density at radius 3 is 2.73 bits per heavy atom. The lowest BCUT2D eigenvalue weighted by Crippen LogP contribution is -2.46. The minimum Gasteiger partial charge on any atom is -0.337 e. The van der Waals surface area contributed by atoms with Crippen LogP contribution >= 0.6 is 11.8 Å². The average molecular weight is 376 g/mol. The van der Waals surface area contributed by atoms with E-state index in [2.05, 4.69) is 26.1 Å². The molecule has 0 saturated heterocycles. The summed E-state index contributed by atoms with van der Waals surface area (Å²) in [5.74, 6) is 0.530. The number of urea groups is 1. The molecule has 140 valence electrons. The summed E-state index contributed by atoms with van der Waals surface area (Å²) < 4.78 is 1.84. The van der Waals surface area contributed by atoms with Gasteiger partial charge in [-0.3, -0.25) is 9.36 Å². The molecule has 0 aliphatic heterocycles. The first-order chi connectivity index (χ1) is 12.2. The predicted molar refractivity (Wildman–Crippen MR) is 103 cm³/mol. The van der Waals surface area contributed by atoms with Gasteiger partial charge in [-0.25, -0.2) is 4.79 Å². The number of amides is 3. The minimum atomic E-state index is -0.268. The van der Waals surface area contributed by atoms with Crippen LogP contribution in [-0.4, -0.2) is 44.5 Å². The van der Waals surface area contributed by atoms with Gasteiger partial charge in [0.25, 0.3) is 0 Å². The van der Waals surface area contributed by atoms with Crippen molar-refractivity contribution in [3.63, 3.8) is 0 Å². The molecule has 26 heavy (non-hydrogen) atoms. The Balaban J connectivity index is 1.93. The summed E-state index contributed by atoms with van der Waals surface area (Å²) in [5, 5.41) is 17.2. The number of carbonyl (C=O) groups excluding carboxylic acids is 2. The van der Waals surface area contributed by atoms with E-state index in [1.165, 1.54) is 18.7 Å². The number of benzene rings is 1. The Labute approximate surface area is 157 Å². The number of rotatable bonds is 6. The zero-order valence-corrected chi connectivity index (χ0v) is 16.2. The Morgan fingerprint density at radius 1 is 1.27 bits per heavy atom. The lowest BCUT2D eigenvalue weighted by molar-refractivity contribution is -0.114. The highest BCUT2D eigenvalue weighted by molar-refractivity contribution is 7.99. The summed E-state index contributed by atoms with van der Waals surface area (Å²) in [5.41, 5.74) is 1.29. The average Bonchev–Trinajstić information content (AvgIpc) is 2.98. The van der Waals surface area contributed by atoms with E-state index in [0.717, 1.165) is 5.69 Å². The molecule has 3 amide bonds. The molecule has 0 spiro atoms. The zero-order valence-electron chi connectivity index (χ0n) is 15.4. The molecule has 3 N–H and O–H groups in total. The second-order valence-corrected chi connectivity index (χ2v) is 7.76. The second kappa shape index (κ2) is 8.70. The summed E-state index contributed by atoms with van der Waals surface area (Å²) in [7, 11) is 0. The van der Waals surface area contributed by atoms with Gasteiger partial charge in [0.1, 0.15) is 6.33 Å². The van der Waals surface area contributed by atoms with E-state index in [4.69, 9.17) is 0 Å².